The van der Waals surface area contributed by atoms with Gasteiger partial charge in [0.1, 0.15) is 5.82 Å². The van der Waals surface area contributed by atoms with Crippen molar-refractivity contribution in [2.45, 2.75) is 12.0 Å². The van der Waals surface area contributed by atoms with Crippen molar-refractivity contribution < 1.29 is 27.1 Å². The molecule has 1 unspecified atom stereocenters. The summed E-state index contributed by atoms with van der Waals surface area (Å²) in [5, 5.41) is 2.25. The van der Waals surface area contributed by atoms with Crippen LogP contribution in [-0.2, 0) is 4.74 Å². The number of benzene rings is 1. The monoisotopic (exact) mass is 402 g/mol. The summed E-state index contributed by atoms with van der Waals surface area (Å²) in [7, 11) is 0. The number of halogens is 5. The second-order valence-corrected chi connectivity index (χ2v) is 6.03. The molecule has 0 radical (unpaired) electrons. The molecular weight excluding hydrogens is 392 g/mol. The number of aliphatic imine (C=N–C) groups is 1. The van der Waals surface area contributed by atoms with Crippen LogP contribution in [0.1, 0.15) is 22.1 Å². The normalized spacial score (nSPS) is 18.4. The molecule has 2 aromatic rings. The van der Waals surface area contributed by atoms with Gasteiger partial charge in [-0.3, -0.25) is 4.79 Å². The van der Waals surface area contributed by atoms with Gasteiger partial charge in [-0.05, 0) is 24.3 Å². The molecular formula is C16H11ClF4N4O2. The van der Waals surface area contributed by atoms with Crippen LogP contribution in [0.5, 0.6) is 0 Å². The van der Waals surface area contributed by atoms with E-state index in [0.29, 0.717) is 0 Å². The van der Waals surface area contributed by atoms with Crippen LogP contribution in [0.3, 0.4) is 0 Å². The molecule has 1 amide bonds. The zero-order valence-electron chi connectivity index (χ0n) is 13.3. The molecule has 11 heteroatoms. The second-order valence-electron chi connectivity index (χ2n) is 5.59. The first-order valence-corrected chi connectivity index (χ1v) is 7.81. The molecule has 1 aromatic heterocycles. The summed E-state index contributed by atoms with van der Waals surface area (Å²) in [5.41, 5.74) is 4.16. The fraction of sp³-hybridized carbons (Fsp3) is 0.188. The minimum absolute atomic E-state index is 0.00897. The highest BCUT2D eigenvalue weighted by Gasteiger charge is 2.46. The Hall–Kier alpha value is -2.88. The summed E-state index contributed by atoms with van der Waals surface area (Å²) in [6.45, 7) is -1.07. The van der Waals surface area contributed by atoms with E-state index in [0.717, 1.165) is 30.5 Å². The minimum Gasteiger partial charge on any atom is -0.459 e. The van der Waals surface area contributed by atoms with Gasteiger partial charge in [0.15, 0.2) is 24.2 Å². The number of nitrogens with zero attached hydrogens (tertiary/aromatic N) is 2. The number of hydrogen-bond donors (Lipinski definition) is 2. The molecule has 0 spiro atoms. The molecule has 0 bridgehead atoms. The predicted molar refractivity (Wildman–Crippen MR) is 88.8 cm³/mol. The van der Waals surface area contributed by atoms with Crippen molar-refractivity contribution in [1.29, 1.82) is 0 Å². The summed E-state index contributed by atoms with van der Waals surface area (Å²) in [6.07, 6.45) is 1.07. The smallest absolute Gasteiger partial charge is 0.307 e. The Bertz CT molecular complexity index is 939. The van der Waals surface area contributed by atoms with Crippen LogP contribution in [0.15, 0.2) is 35.5 Å². The average Bonchev–Trinajstić information content (AvgIpc) is 2.59. The molecule has 6 nitrogen and oxygen atoms in total. The van der Waals surface area contributed by atoms with Gasteiger partial charge in [0.05, 0.1) is 5.02 Å². The van der Waals surface area contributed by atoms with Gasteiger partial charge in [0.25, 0.3) is 11.9 Å². The van der Waals surface area contributed by atoms with Gasteiger partial charge >= 0.3 is 5.92 Å². The molecule has 3 rings (SSSR count). The zero-order valence-corrected chi connectivity index (χ0v) is 14.1. The van der Waals surface area contributed by atoms with Gasteiger partial charge in [0, 0.05) is 17.4 Å². The third-order valence-corrected chi connectivity index (χ3v) is 3.85. The van der Waals surface area contributed by atoms with E-state index in [1.54, 1.807) is 0 Å². The molecule has 1 aromatic carbocycles. The molecule has 0 aliphatic carbocycles. The fourth-order valence-electron chi connectivity index (χ4n) is 2.41. The van der Waals surface area contributed by atoms with Crippen LogP contribution in [0.2, 0.25) is 5.02 Å². The highest BCUT2D eigenvalue weighted by Crippen LogP contribution is 2.39. The predicted octanol–water partition coefficient (Wildman–Crippen LogP) is 3.29. The highest BCUT2D eigenvalue weighted by molar-refractivity contribution is 6.30. The number of amidine groups is 1. The lowest BCUT2D eigenvalue weighted by Crippen LogP contribution is -2.40. The molecule has 0 fully saturated rings. The van der Waals surface area contributed by atoms with Crippen LogP contribution in [-0.4, -0.2) is 29.4 Å². The maximum atomic E-state index is 14.1. The number of aromatic nitrogens is 1. The zero-order chi connectivity index (χ0) is 19.8. The third-order valence-electron chi connectivity index (χ3n) is 3.64. The van der Waals surface area contributed by atoms with Crippen molar-refractivity contribution in [3.05, 3.63) is 58.4 Å². The lowest BCUT2D eigenvalue weighted by molar-refractivity contribution is -0.0788. The van der Waals surface area contributed by atoms with E-state index in [2.05, 4.69) is 20.0 Å². The van der Waals surface area contributed by atoms with Crippen molar-refractivity contribution in [3.8, 4) is 0 Å². The standard InChI is InChI=1S/C16H11ClF4N4O2/c17-7-3-11(19)12(23-5-7)14(26)24-8-1-2-10(18)9(4-8)13-16(20,21)6-27-15(22)25-13/h1-5,13H,6H2,(H2,22,25)(H,24,26). The van der Waals surface area contributed by atoms with Gasteiger partial charge < -0.3 is 15.8 Å². The Balaban J connectivity index is 1.91. The van der Waals surface area contributed by atoms with Crippen molar-refractivity contribution in [2.24, 2.45) is 10.7 Å². The Kier molecular flexibility index (Phi) is 4.92. The topological polar surface area (TPSA) is 89.6 Å². The molecule has 0 saturated heterocycles. The maximum absolute atomic E-state index is 14.1. The number of nitrogens with one attached hydrogen (secondary N) is 1. The van der Waals surface area contributed by atoms with Gasteiger partial charge in [-0.1, -0.05) is 11.6 Å². The molecule has 142 valence electrons. The average molecular weight is 403 g/mol. The van der Waals surface area contributed by atoms with E-state index in [1.807, 2.05) is 0 Å². The molecule has 3 N–H and O–H groups in total. The van der Waals surface area contributed by atoms with Crippen LogP contribution >= 0.6 is 11.6 Å². The first-order chi connectivity index (χ1) is 12.7. The number of rotatable bonds is 3. The number of alkyl halides is 2. The van der Waals surface area contributed by atoms with Gasteiger partial charge in [0.2, 0.25) is 0 Å². The first kappa shape index (κ1) is 18.9. The number of nitrogens with two attached hydrogens (primary N) is 1. The van der Waals surface area contributed by atoms with Crippen molar-refractivity contribution in [1.82, 2.24) is 4.98 Å². The highest BCUT2D eigenvalue weighted by atomic mass is 35.5. The summed E-state index contributed by atoms with van der Waals surface area (Å²) in [4.78, 5) is 19.2. The van der Waals surface area contributed by atoms with Crippen LogP contribution in [0.4, 0.5) is 23.2 Å². The lowest BCUT2D eigenvalue weighted by atomic mass is 9.99. The quantitative estimate of drug-likeness (QED) is 0.771. The van der Waals surface area contributed by atoms with E-state index in [4.69, 9.17) is 17.3 Å². The Morgan fingerprint density at radius 2 is 2.04 bits per heavy atom. The molecule has 1 aliphatic heterocycles. The second kappa shape index (κ2) is 7.03. The van der Waals surface area contributed by atoms with E-state index < -0.39 is 53.4 Å². The number of amides is 1. The summed E-state index contributed by atoms with van der Waals surface area (Å²) < 4.78 is 60.5. The summed E-state index contributed by atoms with van der Waals surface area (Å²) in [6, 6.07) is 1.39. The van der Waals surface area contributed by atoms with Gasteiger partial charge in [-0.2, -0.15) is 0 Å². The van der Waals surface area contributed by atoms with E-state index in [-0.39, 0.29) is 10.7 Å². The SMILES string of the molecule is NC1=NC(c2cc(NC(=O)c3ncc(Cl)cc3F)ccc2F)C(F)(F)CO1. The van der Waals surface area contributed by atoms with E-state index in [9.17, 15) is 22.4 Å². The number of ether oxygens (including phenoxy) is 1. The Morgan fingerprint density at radius 3 is 2.74 bits per heavy atom. The van der Waals surface area contributed by atoms with Gasteiger partial charge in [-0.25, -0.2) is 27.5 Å². The summed E-state index contributed by atoms with van der Waals surface area (Å²) in [5.74, 6) is -6.44. The molecule has 1 aliphatic rings. The molecule has 27 heavy (non-hydrogen) atoms. The number of anilines is 1. The maximum Gasteiger partial charge on any atom is 0.307 e. The van der Waals surface area contributed by atoms with E-state index in [1.165, 1.54) is 0 Å². The van der Waals surface area contributed by atoms with Crippen molar-refractivity contribution in [3.63, 3.8) is 0 Å². The number of carbonyl (C=O) groups is 1. The van der Waals surface area contributed by atoms with Gasteiger partial charge in [-0.15, -0.1) is 0 Å². The number of hydrogen-bond acceptors (Lipinski definition) is 5. The van der Waals surface area contributed by atoms with Crippen LogP contribution < -0.4 is 11.1 Å². The largest absolute Gasteiger partial charge is 0.459 e. The van der Waals surface area contributed by atoms with Crippen molar-refractivity contribution in [2.75, 3.05) is 11.9 Å². The van der Waals surface area contributed by atoms with Crippen molar-refractivity contribution >= 4 is 29.2 Å². The number of carbonyl (C=O) groups excluding carboxylic acids is 1. The minimum atomic E-state index is -3.52. The van der Waals surface area contributed by atoms with E-state index >= 15 is 0 Å². The molecule has 2 heterocycles. The lowest BCUT2D eigenvalue weighted by Gasteiger charge is -2.28. The summed E-state index contributed by atoms with van der Waals surface area (Å²) >= 11 is 5.56. The van der Waals surface area contributed by atoms with Crippen LogP contribution in [0.25, 0.3) is 0 Å². The number of pyridine rings is 1. The third kappa shape index (κ3) is 3.95. The Labute approximate surface area is 155 Å². The fourth-order valence-corrected chi connectivity index (χ4v) is 2.55. The molecule has 1 atom stereocenters. The van der Waals surface area contributed by atoms with Crippen LogP contribution in [0, 0.1) is 11.6 Å². The first-order valence-electron chi connectivity index (χ1n) is 7.43. The Morgan fingerprint density at radius 1 is 1.30 bits per heavy atom. The molecule has 0 saturated carbocycles.